The minimum atomic E-state index is -0.287. The first-order chi connectivity index (χ1) is 12.0. The number of aryl methyl sites for hydroxylation is 2. The Morgan fingerprint density at radius 3 is 2.60 bits per heavy atom. The second-order valence-electron chi connectivity index (χ2n) is 5.64. The highest BCUT2D eigenvalue weighted by atomic mass is 32.1. The van der Waals surface area contributed by atoms with Crippen LogP contribution in [-0.4, -0.2) is 27.2 Å². The fourth-order valence-corrected chi connectivity index (χ4v) is 2.99. The van der Waals surface area contributed by atoms with Crippen LogP contribution in [-0.2, 0) is 13.5 Å². The highest BCUT2D eigenvalue weighted by Gasteiger charge is 2.08. The number of benzene rings is 1. The third-order valence-electron chi connectivity index (χ3n) is 3.76. The first kappa shape index (κ1) is 17.0. The van der Waals surface area contributed by atoms with Crippen LogP contribution in [0, 0.1) is 6.92 Å². The number of aromatic nitrogens is 3. The Hall–Kier alpha value is -2.80. The Labute approximate surface area is 149 Å². The van der Waals surface area contributed by atoms with E-state index in [9.17, 15) is 9.59 Å². The molecular formula is C18H18N4O2S. The van der Waals surface area contributed by atoms with Crippen molar-refractivity contribution in [3.8, 4) is 11.3 Å². The molecule has 2 aromatic heterocycles. The van der Waals surface area contributed by atoms with Crippen molar-refractivity contribution in [2.24, 2.45) is 7.05 Å². The summed E-state index contributed by atoms with van der Waals surface area (Å²) in [5.41, 5.74) is 3.20. The molecule has 1 N–H and O–H groups in total. The molecule has 0 bridgehead atoms. The molecule has 6 nitrogen and oxygen atoms in total. The summed E-state index contributed by atoms with van der Waals surface area (Å²) >= 11 is 1.63. The van der Waals surface area contributed by atoms with Crippen LogP contribution in [0.15, 0.2) is 46.6 Å². The van der Waals surface area contributed by atoms with E-state index in [0.29, 0.717) is 13.0 Å². The Balaban J connectivity index is 1.55. The summed E-state index contributed by atoms with van der Waals surface area (Å²) in [4.78, 5) is 27.8. The number of hydrogen-bond acceptors (Lipinski definition) is 5. The van der Waals surface area contributed by atoms with Gasteiger partial charge < -0.3 is 5.32 Å². The first-order valence-corrected chi connectivity index (χ1v) is 8.75. The normalized spacial score (nSPS) is 10.6. The molecule has 0 unspecified atom stereocenters. The van der Waals surface area contributed by atoms with Crippen molar-refractivity contribution in [3.05, 3.63) is 68.4 Å². The minimum Gasteiger partial charge on any atom is -0.350 e. The van der Waals surface area contributed by atoms with Crippen molar-refractivity contribution in [2.45, 2.75) is 13.3 Å². The van der Waals surface area contributed by atoms with Gasteiger partial charge in [0.05, 0.1) is 10.7 Å². The van der Waals surface area contributed by atoms with E-state index in [0.717, 1.165) is 26.5 Å². The minimum absolute atomic E-state index is 0.233. The molecule has 25 heavy (non-hydrogen) atoms. The van der Waals surface area contributed by atoms with E-state index in [1.807, 2.05) is 36.6 Å². The summed E-state index contributed by atoms with van der Waals surface area (Å²) in [6.45, 7) is 2.49. The van der Waals surface area contributed by atoms with E-state index >= 15 is 0 Å². The van der Waals surface area contributed by atoms with Crippen molar-refractivity contribution in [1.29, 1.82) is 0 Å². The Kier molecular flexibility index (Phi) is 5.04. The number of carbonyl (C=O) groups is 1. The van der Waals surface area contributed by atoms with Gasteiger partial charge in [-0.05, 0) is 25.0 Å². The topological polar surface area (TPSA) is 76.9 Å². The molecule has 0 atom stereocenters. The molecule has 3 aromatic rings. The zero-order chi connectivity index (χ0) is 17.8. The van der Waals surface area contributed by atoms with Crippen LogP contribution in [0.25, 0.3) is 11.3 Å². The van der Waals surface area contributed by atoms with Crippen LogP contribution >= 0.6 is 11.3 Å². The zero-order valence-corrected chi connectivity index (χ0v) is 14.8. The number of hydrogen-bond donors (Lipinski definition) is 1. The fraction of sp³-hybridized carbons (Fsp3) is 0.222. The maximum atomic E-state index is 12.0. The first-order valence-electron chi connectivity index (χ1n) is 7.87. The lowest BCUT2D eigenvalue weighted by Crippen LogP contribution is -2.29. The lowest BCUT2D eigenvalue weighted by Gasteiger charge is -2.06. The van der Waals surface area contributed by atoms with Gasteiger partial charge in [0.1, 0.15) is 5.69 Å². The summed E-state index contributed by atoms with van der Waals surface area (Å²) in [6, 6.07) is 10.9. The van der Waals surface area contributed by atoms with Crippen molar-refractivity contribution in [1.82, 2.24) is 20.1 Å². The van der Waals surface area contributed by atoms with Crippen molar-refractivity contribution in [2.75, 3.05) is 6.54 Å². The molecule has 128 valence electrons. The number of nitrogens with one attached hydrogen (secondary N) is 1. The van der Waals surface area contributed by atoms with Gasteiger partial charge in [0.25, 0.3) is 11.5 Å². The van der Waals surface area contributed by atoms with Crippen LogP contribution in [0.2, 0.25) is 0 Å². The summed E-state index contributed by atoms with van der Waals surface area (Å²) < 4.78 is 1.15. The van der Waals surface area contributed by atoms with E-state index in [-0.39, 0.29) is 17.2 Å². The van der Waals surface area contributed by atoms with E-state index in [2.05, 4.69) is 15.4 Å². The lowest BCUT2D eigenvalue weighted by molar-refractivity contribution is 0.0947. The van der Waals surface area contributed by atoms with Crippen LogP contribution in [0.4, 0.5) is 0 Å². The Morgan fingerprint density at radius 2 is 1.96 bits per heavy atom. The molecule has 1 amide bonds. The standard InChI is InChI=1S/C18H18N4O2S/c1-12-20-16(11-25-12)14-5-3-13(4-6-14)9-10-19-18(24)15-7-8-17(23)22(2)21-15/h3-8,11H,9-10H2,1-2H3,(H,19,24). The number of amides is 1. The lowest BCUT2D eigenvalue weighted by atomic mass is 10.1. The molecule has 0 fully saturated rings. The largest absolute Gasteiger partial charge is 0.350 e. The third kappa shape index (κ3) is 4.19. The Morgan fingerprint density at radius 1 is 1.20 bits per heavy atom. The summed E-state index contributed by atoms with van der Waals surface area (Å²) in [5, 5.41) is 9.84. The second-order valence-corrected chi connectivity index (χ2v) is 6.70. The predicted octanol–water partition coefficient (Wildman–Crippen LogP) is 2.18. The summed E-state index contributed by atoms with van der Waals surface area (Å²) in [6.07, 6.45) is 0.716. The molecular weight excluding hydrogens is 336 g/mol. The van der Waals surface area contributed by atoms with E-state index in [1.54, 1.807) is 11.3 Å². The SMILES string of the molecule is Cc1nc(-c2ccc(CCNC(=O)c3ccc(=O)n(C)n3)cc2)cs1. The highest BCUT2D eigenvalue weighted by molar-refractivity contribution is 7.09. The fourth-order valence-electron chi connectivity index (χ4n) is 2.37. The highest BCUT2D eigenvalue weighted by Crippen LogP contribution is 2.21. The van der Waals surface area contributed by atoms with E-state index in [4.69, 9.17) is 0 Å². The van der Waals surface area contributed by atoms with Gasteiger partial charge in [0, 0.05) is 30.6 Å². The molecule has 0 aliphatic rings. The maximum absolute atomic E-state index is 12.0. The number of rotatable bonds is 5. The molecule has 3 rings (SSSR count). The van der Waals surface area contributed by atoms with Crippen molar-refractivity contribution >= 4 is 17.2 Å². The van der Waals surface area contributed by atoms with Gasteiger partial charge in [0.15, 0.2) is 0 Å². The number of carbonyl (C=O) groups excluding carboxylic acids is 1. The molecule has 7 heteroatoms. The quantitative estimate of drug-likeness (QED) is 0.762. The molecule has 0 saturated carbocycles. The molecule has 0 aliphatic carbocycles. The average Bonchev–Trinajstić information content (AvgIpc) is 3.04. The summed E-state index contributed by atoms with van der Waals surface area (Å²) in [7, 11) is 1.52. The van der Waals surface area contributed by atoms with Crippen molar-refractivity contribution < 1.29 is 4.79 Å². The summed E-state index contributed by atoms with van der Waals surface area (Å²) in [5.74, 6) is -0.287. The molecule has 0 aliphatic heterocycles. The molecule has 0 radical (unpaired) electrons. The zero-order valence-electron chi connectivity index (χ0n) is 14.0. The smallest absolute Gasteiger partial charge is 0.271 e. The van der Waals surface area contributed by atoms with Crippen LogP contribution in [0.3, 0.4) is 0 Å². The van der Waals surface area contributed by atoms with Crippen LogP contribution in [0.5, 0.6) is 0 Å². The second kappa shape index (κ2) is 7.40. The Bertz CT molecular complexity index is 944. The monoisotopic (exact) mass is 354 g/mol. The molecule has 0 spiro atoms. The van der Waals surface area contributed by atoms with Gasteiger partial charge in [-0.1, -0.05) is 24.3 Å². The number of thiazole rings is 1. The van der Waals surface area contributed by atoms with Crippen molar-refractivity contribution in [3.63, 3.8) is 0 Å². The van der Waals surface area contributed by atoms with Crippen LogP contribution < -0.4 is 10.9 Å². The number of nitrogens with zero attached hydrogens (tertiary/aromatic N) is 3. The van der Waals surface area contributed by atoms with E-state index in [1.165, 1.54) is 19.2 Å². The van der Waals surface area contributed by atoms with Gasteiger partial charge >= 0.3 is 0 Å². The predicted molar refractivity (Wildman–Crippen MR) is 97.8 cm³/mol. The third-order valence-corrected chi connectivity index (χ3v) is 4.53. The van der Waals surface area contributed by atoms with Gasteiger partial charge in [-0.15, -0.1) is 11.3 Å². The molecule has 2 heterocycles. The maximum Gasteiger partial charge on any atom is 0.271 e. The van der Waals surface area contributed by atoms with E-state index < -0.39 is 0 Å². The van der Waals surface area contributed by atoms with Gasteiger partial charge in [-0.25, -0.2) is 9.67 Å². The van der Waals surface area contributed by atoms with Gasteiger partial charge in [-0.2, -0.15) is 5.10 Å². The van der Waals surface area contributed by atoms with Crippen LogP contribution in [0.1, 0.15) is 21.1 Å². The molecule has 1 aromatic carbocycles. The van der Waals surface area contributed by atoms with Gasteiger partial charge in [-0.3, -0.25) is 9.59 Å². The average molecular weight is 354 g/mol. The molecule has 0 saturated heterocycles. The van der Waals surface area contributed by atoms with Gasteiger partial charge in [0.2, 0.25) is 0 Å².